The first-order chi connectivity index (χ1) is 11.3. The highest BCUT2D eigenvalue weighted by Crippen LogP contribution is 2.33. The second-order valence-electron chi connectivity index (χ2n) is 5.28. The van der Waals surface area contributed by atoms with Crippen LogP contribution >= 0.6 is 0 Å². The van der Waals surface area contributed by atoms with Crippen molar-refractivity contribution in [2.24, 2.45) is 0 Å². The van der Waals surface area contributed by atoms with E-state index in [0.717, 1.165) is 16.8 Å². The van der Waals surface area contributed by atoms with Gasteiger partial charge in [-0.3, -0.25) is 0 Å². The van der Waals surface area contributed by atoms with Crippen molar-refractivity contribution in [3.8, 4) is 0 Å². The Morgan fingerprint density at radius 2 is 1.43 bits per heavy atom. The summed E-state index contributed by atoms with van der Waals surface area (Å²) in [6.45, 7) is 0.132. The van der Waals surface area contributed by atoms with Crippen LogP contribution in [0.4, 0.5) is 0 Å². The first-order valence-corrected chi connectivity index (χ1v) is 7.59. The van der Waals surface area contributed by atoms with Gasteiger partial charge in [-0.25, -0.2) is 4.68 Å². The topological polar surface area (TPSA) is 71.2 Å². The molecular weight excluding hydrogens is 290 g/mol. The molecule has 0 radical (unpaired) electrons. The lowest BCUT2D eigenvalue weighted by Crippen LogP contribution is -2.15. The van der Waals surface area contributed by atoms with E-state index < -0.39 is 0 Å². The molecule has 3 aromatic rings. The summed E-state index contributed by atoms with van der Waals surface area (Å²) >= 11 is 0. The van der Waals surface area contributed by atoms with Gasteiger partial charge in [0, 0.05) is 0 Å². The molecule has 23 heavy (non-hydrogen) atoms. The number of hydrogen-bond acceptors (Lipinski definition) is 4. The molecule has 0 saturated carbocycles. The Morgan fingerprint density at radius 3 is 1.91 bits per heavy atom. The minimum Gasteiger partial charge on any atom is -0.394 e. The fourth-order valence-corrected chi connectivity index (χ4v) is 2.84. The molecular formula is C18H19N3O2. The van der Waals surface area contributed by atoms with Crippen LogP contribution in [0.2, 0.25) is 0 Å². The molecule has 0 atom stereocenters. The molecule has 2 N–H and O–H groups in total. The fourth-order valence-electron chi connectivity index (χ4n) is 2.84. The Kier molecular flexibility index (Phi) is 4.80. The van der Waals surface area contributed by atoms with Crippen molar-refractivity contribution < 1.29 is 10.2 Å². The van der Waals surface area contributed by atoms with E-state index in [0.29, 0.717) is 12.2 Å². The van der Waals surface area contributed by atoms with Crippen LogP contribution in [-0.2, 0) is 13.2 Å². The Balaban J connectivity index is 2.19. The molecule has 0 bridgehead atoms. The van der Waals surface area contributed by atoms with Gasteiger partial charge in [0.25, 0.3) is 0 Å². The maximum absolute atomic E-state index is 9.66. The van der Waals surface area contributed by atoms with Crippen LogP contribution in [0.5, 0.6) is 0 Å². The minimum atomic E-state index is -0.184. The number of benzene rings is 2. The summed E-state index contributed by atoms with van der Waals surface area (Å²) < 4.78 is 1.68. The Hall–Kier alpha value is -2.50. The van der Waals surface area contributed by atoms with Gasteiger partial charge < -0.3 is 10.2 Å². The zero-order chi connectivity index (χ0) is 16.1. The van der Waals surface area contributed by atoms with E-state index in [1.807, 2.05) is 36.4 Å². The van der Waals surface area contributed by atoms with Crippen molar-refractivity contribution in [2.75, 3.05) is 6.61 Å². The number of rotatable bonds is 6. The lowest BCUT2D eigenvalue weighted by Gasteiger charge is -2.20. The molecule has 0 aliphatic heterocycles. The third-order valence-corrected chi connectivity index (χ3v) is 3.85. The third-order valence-electron chi connectivity index (χ3n) is 3.85. The van der Waals surface area contributed by atoms with E-state index in [2.05, 4.69) is 34.6 Å². The molecule has 1 heterocycles. The van der Waals surface area contributed by atoms with Crippen molar-refractivity contribution in [1.29, 1.82) is 0 Å². The summed E-state index contributed by atoms with van der Waals surface area (Å²) in [4.78, 5) is 0. The molecule has 0 spiro atoms. The van der Waals surface area contributed by atoms with E-state index in [-0.39, 0.29) is 19.1 Å². The van der Waals surface area contributed by atoms with Crippen LogP contribution in [0.15, 0.2) is 60.7 Å². The number of hydrogen-bond donors (Lipinski definition) is 2. The first kappa shape index (κ1) is 15.4. The Morgan fingerprint density at radius 1 is 0.870 bits per heavy atom. The van der Waals surface area contributed by atoms with Gasteiger partial charge in [0.1, 0.15) is 5.69 Å². The summed E-state index contributed by atoms with van der Waals surface area (Å²) in [7, 11) is 0. The smallest absolute Gasteiger partial charge is 0.112 e. The van der Waals surface area contributed by atoms with Crippen molar-refractivity contribution in [2.45, 2.75) is 19.1 Å². The van der Waals surface area contributed by atoms with Gasteiger partial charge in [-0.15, -0.1) is 5.10 Å². The van der Waals surface area contributed by atoms with Crippen LogP contribution in [0, 0.1) is 0 Å². The molecule has 5 heteroatoms. The van der Waals surface area contributed by atoms with Gasteiger partial charge in [0.15, 0.2) is 0 Å². The van der Waals surface area contributed by atoms with Gasteiger partial charge in [-0.2, -0.15) is 0 Å². The summed E-state index contributed by atoms with van der Waals surface area (Å²) in [5, 5.41) is 27.1. The second-order valence-corrected chi connectivity index (χ2v) is 5.28. The standard InChI is InChI=1S/C18H19N3O2/c22-12-11-21-18(16(13-23)19-20-21)17(14-7-3-1-4-8-14)15-9-5-2-6-10-15/h1-10,17,22-23H,11-13H2. The minimum absolute atomic E-state index is 0.0302. The van der Waals surface area contributed by atoms with Crippen LogP contribution < -0.4 is 0 Å². The maximum atomic E-state index is 9.66. The zero-order valence-electron chi connectivity index (χ0n) is 12.7. The second kappa shape index (κ2) is 7.17. The average molecular weight is 309 g/mol. The molecule has 0 unspecified atom stereocenters. The molecule has 0 saturated heterocycles. The summed E-state index contributed by atoms with van der Waals surface area (Å²) in [6, 6.07) is 20.1. The normalized spacial score (nSPS) is 11.1. The van der Waals surface area contributed by atoms with Crippen molar-refractivity contribution >= 4 is 0 Å². The molecule has 2 aromatic carbocycles. The van der Waals surface area contributed by atoms with Crippen molar-refractivity contribution in [1.82, 2.24) is 15.0 Å². The highest BCUT2D eigenvalue weighted by atomic mass is 16.3. The molecule has 5 nitrogen and oxygen atoms in total. The Labute approximate surface area is 134 Å². The van der Waals surface area contributed by atoms with Crippen molar-refractivity contribution in [3.63, 3.8) is 0 Å². The van der Waals surface area contributed by atoms with Gasteiger partial charge >= 0.3 is 0 Å². The molecule has 1 aromatic heterocycles. The summed E-state index contributed by atoms with van der Waals surface area (Å²) in [6.07, 6.45) is 0. The lowest BCUT2D eigenvalue weighted by molar-refractivity contribution is 0.264. The fraction of sp³-hybridized carbons (Fsp3) is 0.222. The van der Waals surface area contributed by atoms with Gasteiger partial charge in [0.05, 0.1) is 31.4 Å². The zero-order valence-corrected chi connectivity index (χ0v) is 12.7. The lowest BCUT2D eigenvalue weighted by atomic mass is 9.87. The van der Waals surface area contributed by atoms with Crippen LogP contribution in [0.1, 0.15) is 28.4 Å². The van der Waals surface area contributed by atoms with Crippen LogP contribution in [0.25, 0.3) is 0 Å². The van der Waals surface area contributed by atoms with E-state index in [1.165, 1.54) is 0 Å². The SMILES string of the molecule is OCCn1nnc(CO)c1C(c1ccccc1)c1ccccc1. The number of aliphatic hydroxyl groups excluding tert-OH is 2. The average Bonchev–Trinajstić information content (AvgIpc) is 3.00. The Bertz CT molecular complexity index is 702. The molecule has 3 rings (SSSR count). The number of nitrogens with zero attached hydrogens (tertiary/aromatic N) is 3. The molecule has 0 fully saturated rings. The molecule has 118 valence electrons. The molecule has 0 aliphatic rings. The number of aromatic nitrogens is 3. The van der Waals surface area contributed by atoms with E-state index in [1.54, 1.807) is 4.68 Å². The van der Waals surface area contributed by atoms with E-state index in [4.69, 9.17) is 0 Å². The highest BCUT2D eigenvalue weighted by molar-refractivity contribution is 5.41. The van der Waals surface area contributed by atoms with Crippen LogP contribution in [0.3, 0.4) is 0 Å². The molecule has 0 amide bonds. The summed E-state index contributed by atoms with van der Waals surface area (Å²) in [5.41, 5.74) is 3.54. The van der Waals surface area contributed by atoms with Gasteiger partial charge in [0.2, 0.25) is 0 Å². The largest absolute Gasteiger partial charge is 0.394 e. The first-order valence-electron chi connectivity index (χ1n) is 7.59. The monoisotopic (exact) mass is 309 g/mol. The predicted molar refractivity (Wildman–Crippen MR) is 86.9 cm³/mol. The van der Waals surface area contributed by atoms with Crippen LogP contribution in [-0.4, -0.2) is 31.8 Å². The van der Waals surface area contributed by atoms with Crippen molar-refractivity contribution in [3.05, 3.63) is 83.2 Å². The third kappa shape index (κ3) is 3.16. The van der Waals surface area contributed by atoms with Gasteiger partial charge in [-0.05, 0) is 11.1 Å². The summed E-state index contributed by atoms with van der Waals surface area (Å²) in [5.74, 6) is -0.0962. The highest BCUT2D eigenvalue weighted by Gasteiger charge is 2.25. The van der Waals surface area contributed by atoms with E-state index in [9.17, 15) is 10.2 Å². The van der Waals surface area contributed by atoms with Gasteiger partial charge in [-0.1, -0.05) is 65.9 Å². The van der Waals surface area contributed by atoms with E-state index >= 15 is 0 Å². The number of aliphatic hydroxyl groups is 2. The maximum Gasteiger partial charge on any atom is 0.112 e. The molecule has 0 aliphatic carbocycles. The quantitative estimate of drug-likeness (QED) is 0.730. The predicted octanol–water partition coefficient (Wildman–Crippen LogP) is 1.94.